The summed E-state index contributed by atoms with van der Waals surface area (Å²) in [4.78, 5) is 19.1. The van der Waals surface area contributed by atoms with Crippen LogP contribution in [0.2, 0.25) is 0 Å². The Hall–Kier alpha value is -1.45. The summed E-state index contributed by atoms with van der Waals surface area (Å²) in [5, 5.41) is 8.96. The SMILES string of the molecule is O=C(O)C12CC(c3cnccn3)(C1)C2. The third kappa shape index (κ3) is 0.720. The van der Waals surface area contributed by atoms with Gasteiger partial charge in [0.05, 0.1) is 11.1 Å². The van der Waals surface area contributed by atoms with E-state index in [9.17, 15) is 4.79 Å². The summed E-state index contributed by atoms with van der Waals surface area (Å²) in [7, 11) is 0. The van der Waals surface area contributed by atoms with E-state index in [0.717, 1.165) is 25.0 Å². The molecule has 0 aliphatic heterocycles. The van der Waals surface area contributed by atoms with Crippen LogP contribution in [0, 0.1) is 5.41 Å². The number of hydrogen-bond acceptors (Lipinski definition) is 3. The quantitative estimate of drug-likeness (QED) is 0.755. The van der Waals surface area contributed by atoms with Crippen LogP contribution in [-0.2, 0) is 10.2 Å². The van der Waals surface area contributed by atoms with Crippen LogP contribution in [0.5, 0.6) is 0 Å². The summed E-state index contributed by atoms with van der Waals surface area (Å²) in [6.07, 6.45) is 7.30. The van der Waals surface area contributed by atoms with Crippen LogP contribution in [0.25, 0.3) is 0 Å². The lowest BCUT2D eigenvalue weighted by Crippen LogP contribution is -2.68. The van der Waals surface area contributed by atoms with E-state index in [0.29, 0.717) is 0 Å². The fourth-order valence-electron chi connectivity index (χ4n) is 2.86. The summed E-state index contributed by atoms with van der Waals surface area (Å²) in [5.74, 6) is -0.650. The Labute approximate surface area is 81.0 Å². The first kappa shape index (κ1) is 7.91. The van der Waals surface area contributed by atoms with Gasteiger partial charge in [0.15, 0.2) is 0 Å². The minimum absolute atomic E-state index is 0.0483. The van der Waals surface area contributed by atoms with E-state index in [2.05, 4.69) is 9.97 Å². The van der Waals surface area contributed by atoms with Gasteiger partial charge in [-0.3, -0.25) is 14.8 Å². The van der Waals surface area contributed by atoms with Crippen molar-refractivity contribution in [1.82, 2.24) is 9.97 Å². The van der Waals surface area contributed by atoms with Gasteiger partial charge in [0.1, 0.15) is 0 Å². The molecule has 4 nitrogen and oxygen atoms in total. The molecule has 4 rings (SSSR count). The van der Waals surface area contributed by atoms with Crippen LogP contribution in [0.15, 0.2) is 18.6 Å². The topological polar surface area (TPSA) is 63.1 Å². The largest absolute Gasteiger partial charge is 0.481 e. The molecular weight excluding hydrogens is 180 g/mol. The van der Waals surface area contributed by atoms with Crippen LogP contribution in [0.4, 0.5) is 0 Å². The van der Waals surface area contributed by atoms with Crippen molar-refractivity contribution in [2.45, 2.75) is 24.7 Å². The predicted molar refractivity (Wildman–Crippen MR) is 47.6 cm³/mol. The summed E-state index contributed by atoms with van der Waals surface area (Å²) in [6.45, 7) is 0. The van der Waals surface area contributed by atoms with Gasteiger partial charge in [-0.05, 0) is 19.3 Å². The Morgan fingerprint density at radius 1 is 1.36 bits per heavy atom. The number of carbonyl (C=O) groups is 1. The standard InChI is InChI=1S/C10H10N2O2/c13-8(14)10-4-9(5-10,6-10)7-3-11-1-2-12-7/h1-3H,4-6H2,(H,13,14). The van der Waals surface area contributed by atoms with Gasteiger partial charge in [-0.15, -0.1) is 0 Å². The zero-order valence-corrected chi connectivity index (χ0v) is 7.60. The molecule has 0 spiro atoms. The molecule has 3 aliphatic rings. The Morgan fingerprint density at radius 2 is 2.07 bits per heavy atom. The Kier molecular flexibility index (Phi) is 1.20. The maximum absolute atomic E-state index is 10.9. The number of nitrogens with zero attached hydrogens (tertiary/aromatic N) is 2. The summed E-state index contributed by atoms with van der Waals surface area (Å²) in [5.41, 5.74) is 0.590. The van der Waals surface area contributed by atoms with Gasteiger partial charge in [-0.1, -0.05) is 0 Å². The molecule has 14 heavy (non-hydrogen) atoms. The Morgan fingerprint density at radius 3 is 2.57 bits per heavy atom. The molecule has 0 aromatic carbocycles. The monoisotopic (exact) mass is 190 g/mol. The van der Waals surface area contributed by atoms with Gasteiger partial charge in [0, 0.05) is 24.0 Å². The van der Waals surface area contributed by atoms with E-state index in [1.807, 2.05) is 0 Å². The number of carboxylic acid groups (broad SMARTS) is 1. The summed E-state index contributed by atoms with van der Waals surface area (Å²) < 4.78 is 0. The lowest BCUT2D eigenvalue weighted by atomic mass is 9.34. The highest BCUT2D eigenvalue weighted by Crippen LogP contribution is 2.73. The predicted octanol–water partition coefficient (Wildman–Crippen LogP) is 0.983. The first-order chi connectivity index (χ1) is 6.67. The maximum Gasteiger partial charge on any atom is 0.309 e. The zero-order valence-electron chi connectivity index (χ0n) is 7.60. The average molecular weight is 190 g/mol. The molecule has 2 bridgehead atoms. The molecule has 1 aromatic rings. The van der Waals surface area contributed by atoms with Gasteiger partial charge in [0.2, 0.25) is 0 Å². The van der Waals surface area contributed by atoms with Crippen LogP contribution in [0.1, 0.15) is 25.0 Å². The number of hydrogen-bond donors (Lipinski definition) is 1. The molecule has 0 amide bonds. The minimum atomic E-state index is -0.650. The highest BCUT2D eigenvalue weighted by atomic mass is 16.4. The van der Waals surface area contributed by atoms with Crippen LogP contribution < -0.4 is 0 Å². The van der Waals surface area contributed by atoms with Gasteiger partial charge < -0.3 is 5.11 Å². The molecule has 3 aliphatic carbocycles. The third-order valence-corrected chi connectivity index (χ3v) is 3.59. The number of aromatic nitrogens is 2. The molecule has 4 heteroatoms. The maximum atomic E-state index is 10.9. The van der Waals surface area contributed by atoms with Crippen LogP contribution in [0.3, 0.4) is 0 Å². The first-order valence-electron chi connectivity index (χ1n) is 4.67. The van der Waals surface area contributed by atoms with E-state index >= 15 is 0 Å². The van der Waals surface area contributed by atoms with E-state index in [-0.39, 0.29) is 5.41 Å². The fourth-order valence-corrected chi connectivity index (χ4v) is 2.86. The number of aliphatic carboxylic acids is 1. The minimum Gasteiger partial charge on any atom is -0.481 e. The summed E-state index contributed by atoms with van der Waals surface area (Å²) >= 11 is 0. The zero-order chi connectivity index (χ0) is 9.81. The molecule has 1 aromatic heterocycles. The van der Waals surface area contributed by atoms with E-state index < -0.39 is 11.4 Å². The van der Waals surface area contributed by atoms with Crippen molar-refractivity contribution < 1.29 is 9.90 Å². The molecule has 3 saturated carbocycles. The van der Waals surface area contributed by atoms with Gasteiger partial charge in [0.25, 0.3) is 0 Å². The lowest BCUT2D eigenvalue weighted by molar-refractivity contribution is -0.195. The lowest BCUT2D eigenvalue weighted by Gasteiger charge is -2.67. The number of rotatable bonds is 2. The van der Waals surface area contributed by atoms with E-state index in [1.165, 1.54) is 0 Å². The van der Waals surface area contributed by atoms with Gasteiger partial charge in [-0.2, -0.15) is 0 Å². The highest BCUT2D eigenvalue weighted by Gasteiger charge is 2.73. The van der Waals surface area contributed by atoms with E-state index in [1.54, 1.807) is 18.6 Å². The van der Waals surface area contributed by atoms with Crippen LogP contribution in [-0.4, -0.2) is 21.0 Å². The summed E-state index contributed by atoms with van der Waals surface area (Å²) in [6, 6.07) is 0. The third-order valence-electron chi connectivity index (χ3n) is 3.59. The molecule has 72 valence electrons. The van der Waals surface area contributed by atoms with Crippen molar-refractivity contribution in [2.75, 3.05) is 0 Å². The second kappa shape index (κ2) is 2.13. The van der Waals surface area contributed by atoms with Gasteiger partial charge in [-0.25, -0.2) is 0 Å². The van der Waals surface area contributed by atoms with Crippen LogP contribution >= 0.6 is 0 Å². The van der Waals surface area contributed by atoms with Crippen molar-refractivity contribution in [3.05, 3.63) is 24.3 Å². The molecule has 3 fully saturated rings. The fraction of sp³-hybridized carbons (Fsp3) is 0.500. The first-order valence-corrected chi connectivity index (χ1v) is 4.67. The van der Waals surface area contributed by atoms with Crippen molar-refractivity contribution in [3.63, 3.8) is 0 Å². The van der Waals surface area contributed by atoms with Crippen molar-refractivity contribution in [3.8, 4) is 0 Å². The molecular formula is C10H10N2O2. The molecule has 0 atom stereocenters. The second-order valence-electron chi connectivity index (χ2n) is 4.49. The molecule has 0 saturated heterocycles. The van der Waals surface area contributed by atoms with E-state index in [4.69, 9.17) is 5.11 Å². The highest BCUT2D eigenvalue weighted by molar-refractivity contribution is 5.80. The van der Waals surface area contributed by atoms with Crippen molar-refractivity contribution in [1.29, 1.82) is 0 Å². The van der Waals surface area contributed by atoms with Crippen molar-refractivity contribution >= 4 is 5.97 Å². The Balaban J connectivity index is 1.85. The van der Waals surface area contributed by atoms with Crippen molar-refractivity contribution in [2.24, 2.45) is 5.41 Å². The molecule has 0 unspecified atom stereocenters. The smallest absolute Gasteiger partial charge is 0.309 e. The molecule has 1 N–H and O–H groups in total. The van der Waals surface area contributed by atoms with Gasteiger partial charge >= 0.3 is 5.97 Å². The second-order valence-corrected chi connectivity index (χ2v) is 4.49. The molecule has 1 heterocycles. The average Bonchev–Trinajstić information content (AvgIpc) is 2.00. The number of carboxylic acids is 1. The normalized spacial score (nSPS) is 38.3. The Bertz CT molecular complexity index is 382. The molecule has 0 radical (unpaired) electrons.